The Hall–Kier alpha value is -4.30. The van der Waals surface area contributed by atoms with E-state index in [0.29, 0.717) is 40.3 Å². The number of amides is 2. The number of rotatable bonds is 4. The maximum Gasteiger partial charge on any atom is 0.266 e. The van der Waals surface area contributed by atoms with Crippen LogP contribution in [0.2, 0.25) is 0 Å². The van der Waals surface area contributed by atoms with Gasteiger partial charge in [0.1, 0.15) is 17.1 Å². The molecule has 0 bridgehead atoms. The molecular weight excluding hydrogens is 492 g/mol. The summed E-state index contributed by atoms with van der Waals surface area (Å²) in [6, 6.07) is 21.6. The maximum absolute atomic E-state index is 14.4. The molecule has 1 spiro atoms. The van der Waals surface area contributed by atoms with Crippen LogP contribution in [0.1, 0.15) is 31.7 Å². The van der Waals surface area contributed by atoms with Crippen LogP contribution < -0.4 is 20.5 Å². The Morgan fingerprint density at radius 1 is 0.949 bits per heavy atom. The van der Waals surface area contributed by atoms with E-state index in [1.807, 2.05) is 42.5 Å². The number of carbonyl (C=O) groups excluding carboxylic acids is 2. The first-order chi connectivity index (χ1) is 18.9. The first-order valence-electron chi connectivity index (χ1n) is 13.3. The number of ether oxygens (including phenoxy) is 1. The summed E-state index contributed by atoms with van der Waals surface area (Å²) in [4.78, 5) is 48.8. The minimum atomic E-state index is -1.13. The number of anilines is 1. The SMILES string of the molecule is COc1ccc(N2C(=O)[C@H]3[C@@H](CC(C)C)N[C@@]4(c5ccccc5-n5c4nc4ccccc4c5=O)[C@H]3C2=O)cc1. The summed E-state index contributed by atoms with van der Waals surface area (Å²) in [6.45, 7) is 4.22. The van der Waals surface area contributed by atoms with Crippen LogP contribution in [0.3, 0.4) is 0 Å². The molecule has 2 amide bonds. The summed E-state index contributed by atoms with van der Waals surface area (Å²) in [5, 5.41) is 4.25. The fraction of sp³-hybridized carbons (Fsp3) is 0.290. The fourth-order valence-electron chi connectivity index (χ4n) is 6.92. The van der Waals surface area contributed by atoms with Crippen molar-refractivity contribution in [2.24, 2.45) is 17.8 Å². The van der Waals surface area contributed by atoms with Crippen molar-refractivity contribution in [3.05, 3.63) is 94.5 Å². The van der Waals surface area contributed by atoms with Crippen molar-refractivity contribution in [3.63, 3.8) is 0 Å². The van der Waals surface area contributed by atoms with Gasteiger partial charge in [0, 0.05) is 11.6 Å². The van der Waals surface area contributed by atoms with E-state index in [0.717, 1.165) is 5.56 Å². The van der Waals surface area contributed by atoms with Crippen LogP contribution in [0.4, 0.5) is 5.69 Å². The van der Waals surface area contributed by atoms with Gasteiger partial charge in [-0.25, -0.2) is 9.88 Å². The number of fused-ring (bicyclic) bond motifs is 8. The monoisotopic (exact) mass is 520 g/mol. The number of carbonyl (C=O) groups is 2. The van der Waals surface area contributed by atoms with E-state index in [4.69, 9.17) is 9.72 Å². The van der Waals surface area contributed by atoms with Crippen molar-refractivity contribution in [2.45, 2.75) is 31.8 Å². The predicted molar refractivity (Wildman–Crippen MR) is 147 cm³/mol. The van der Waals surface area contributed by atoms with Crippen LogP contribution in [0.25, 0.3) is 16.6 Å². The van der Waals surface area contributed by atoms with Gasteiger partial charge in [0.15, 0.2) is 0 Å². The Balaban J connectivity index is 1.49. The zero-order valence-corrected chi connectivity index (χ0v) is 21.9. The number of aromatic nitrogens is 2. The van der Waals surface area contributed by atoms with Crippen LogP contribution in [0.15, 0.2) is 77.6 Å². The van der Waals surface area contributed by atoms with Gasteiger partial charge in [-0.2, -0.15) is 0 Å². The molecular formula is C31H28N4O4. The van der Waals surface area contributed by atoms with Crippen molar-refractivity contribution in [1.82, 2.24) is 14.9 Å². The molecule has 196 valence electrons. The molecule has 0 unspecified atom stereocenters. The molecule has 3 aliphatic heterocycles. The average Bonchev–Trinajstić information content (AvgIpc) is 3.51. The first kappa shape index (κ1) is 23.8. The molecule has 2 fully saturated rings. The lowest BCUT2D eigenvalue weighted by molar-refractivity contribution is -0.123. The first-order valence-corrected chi connectivity index (χ1v) is 13.3. The zero-order chi connectivity index (χ0) is 27.1. The maximum atomic E-state index is 14.4. The molecule has 0 radical (unpaired) electrons. The largest absolute Gasteiger partial charge is 0.497 e. The second-order valence-corrected chi connectivity index (χ2v) is 11.0. The fourth-order valence-corrected chi connectivity index (χ4v) is 6.92. The Kier molecular flexibility index (Phi) is 5.09. The minimum Gasteiger partial charge on any atom is -0.497 e. The third-order valence-electron chi connectivity index (χ3n) is 8.42. The molecule has 7 rings (SSSR count). The standard InChI is InChI=1S/C31H28N4O4/c1-17(2)16-23-25-26(29(38)34(28(25)37)18-12-14-19(39-3)15-13-18)31(33-23)21-9-5-7-11-24(21)35-27(36)20-8-4-6-10-22(20)32-30(31)35/h4-15,17,23,25-26,33H,16H2,1-3H3/t23-,25+,26-,31+/m1/s1. The second-order valence-electron chi connectivity index (χ2n) is 11.0. The Labute approximate surface area is 225 Å². The highest BCUT2D eigenvalue weighted by Gasteiger charge is 2.69. The van der Waals surface area contributed by atoms with Gasteiger partial charge in [0.2, 0.25) is 11.8 Å². The second kappa shape index (κ2) is 8.35. The summed E-state index contributed by atoms with van der Waals surface area (Å²) in [7, 11) is 1.57. The third kappa shape index (κ3) is 3.09. The van der Waals surface area contributed by atoms with E-state index in [-0.39, 0.29) is 29.3 Å². The van der Waals surface area contributed by atoms with E-state index in [2.05, 4.69) is 19.2 Å². The van der Waals surface area contributed by atoms with Crippen LogP contribution in [-0.2, 0) is 15.1 Å². The highest BCUT2D eigenvalue weighted by molar-refractivity contribution is 6.23. The smallest absolute Gasteiger partial charge is 0.266 e. The third-order valence-corrected chi connectivity index (χ3v) is 8.42. The van der Waals surface area contributed by atoms with Gasteiger partial charge >= 0.3 is 0 Å². The molecule has 3 aromatic carbocycles. The predicted octanol–water partition coefficient (Wildman–Crippen LogP) is 3.78. The number of nitrogens with zero attached hydrogens (tertiary/aromatic N) is 3. The lowest BCUT2D eigenvalue weighted by Gasteiger charge is -2.32. The van der Waals surface area contributed by atoms with E-state index >= 15 is 0 Å². The number of hydrogen-bond donors (Lipinski definition) is 1. The van der Waals surface area contributed by atoms with E-state index in [1.165, 1.54) is 4.90 Å². The van der Waals surface area contributed by atoms with Crippen molar-refractivity contribution < 1.29 is 14.3 Å². The summed E-state index contributed by atoms with van der Waals surface area (Å²) < 4.78 is 6.91. The normalized spacial score (nSPS) is 25.0. The number of benzene rings is 3. The number of methoxy groups -OCH3 is 1. The van der Waals surface area contributed by atoms with Gasteiger partial charge in [0.05, 0.1) is 41.2 Å². The quantitative estimate of drug-likeness (QED) is 0.412. The summed E-state index contributed by atoms with van der Waals surface area (Å²) in [5.41, 5.74) is 1.25. The van der Waals surface area contributed by atoms with E-state index in [9.17, 15) is 14.4 Å². The summed E-state index contributed by atoms with van der Waals surface area (Å²) in [6.07, 6.45) is 0.693. The summed E-state index contributed by atoms with van der Waals surface area (Å²) >= 11 is 0. The molecule has 8 nitrogen and oxygen atoms in total. The minimum absolute atomic E-state index is 0.186. The number of nitrogens with one attached hydrogen (secondary N) is 1. The molecule has 0 saturated carbocycles. The molecule has 39 heavy (non-hydrogen) atoms. The van der Waals surface area contributed by atoms with Gasteiger partial charge in [0.25, 0.3) is 5.56 Å². The van der Waals surface area contributed by atoms with Gasteiger partial charge in [-0.1, -0.05) is 44.2 Å². The van der Waals surface area contributed by atoms with Gasteiger partial charge in [-0.3, -0.25) is 24.3 Å². The molecule has 8 heteroatoms. The Bertz CT molecular complexity index is 1730. The van der Waals surface area contributed by atoms with Crippen molar-refractivity contribution in [2.75, 3.05) is 12.0 Å². The molecule has 3 aliphatic rings. The zero-order valence-electron chi connectivity index (χ0n) is 21.9. The highest BCUT2D eigenvalue weighted by Crippen LogP contribution is 2.56. The Morgan fingerprint density at radius 3 is 2.41 bits per heavy atom. The topological polar surface area (TPSA) is 93.5 Å². The Morgan fingerprint density at radius 2 is 1.67 bits per heavy atom. The van der Waals surface area contributed by atoms with Crippen LogP contribution in [0.5, 0.6) is 5.75 Å². The number of para-hydroxylation sites is 2. The van der Waals surface area contributed by atoms with Crippen molar-refractivity contribution in [3.8, 4) is 11.4 Å². The van der Waals surface area contributed by atoms with Gasteiger partial charge in [-0.05, 0) is 54.8 Å². The average molecular weight is 521 g/mol. The van der Waals surface area contributed by atoms with Crippen LogP contribution >= 0.6 is 0 Å². The van der Waals surface area contributed by atoms with Crippen LogP contribution in [-0.4, -0.2) is 34.5 Å². The van der Waals surface area contributed by atoms with Crippen LogP contribution in [0, 0.1) is 17.8 Å². The van der Waals surface area contributed by atoms with Gasteiger partial charge < -0.3 is 4.74 Å². The lowest BCUT2D eigenvalue weighted by atomic mass is 9.75. The molecule has 2 saturated heterocycles. The molecule has 4 heterocycles. The van der Waals surface area contributed by atoms with E-state index in [1.54, 1.807) is 42.0 Å². The van der Waals surface area contributed by atoms with Crippen molar-refractivity contribution in [1.29, 1.82) is 0 Å². The van der Waals surface area contributed by atoms with Gasteiger partial charge in [-0.15, -0.1) is 0 Å². The molecule has 1 N–H and O–H groups in total. The van der Waals surface area contributed by atoms with Crippen molar-refractivity contribution >= 4 is 28.4 Å². The number of hydrogen-bond acceptors (Lipinski definition) is 6. The molecule has 4 aromatic rings. The molecule has 0 aliphatic carbocycles. The number of imide groups is 1. The van der Waals surface area contributed by atoms with E-state index < -0.39 is 17.4 Å². The lowest BCUT2D eigenvalue weighted by Crippen LogP contribution is -2.50. The summed E-state index contributed by atoms with van der Waals surface area (Å²) in [5.74, 6) is -0.512. The molecule has 1 aromatic heterocycles. The highest BCUT2D eigenvalue weighted by atomic mass is 16.5. The molecule has 4 atom stereocenters.